The molecule has 1 aromatic carbocycles. The number of aromatic nitrogens is 4. The molecule has 1 aliphatic heterocycles. The zero-order chi connectivity index (χ0) is 28.6. The number of nitrogens with two attached hydrogens (primary N) is 1. The van der Waals surface area contributed by atoms with Gasteiger partial charge in [-0.1, -0.05) is 11.6 Å². The van der Waals surface area contributed by atoms with E-state index in [1.165, 1.54) is 16.6 Å². The van der Waals surface area contributed by atoms with E-state index in [-0.39, 0.29) is 46.1 Å². The topological polar surface area (TPSA) is 172 Å². The minimum absolute atomic E-state index is 0.0220. The van der Waals surface area contributed by atoms with Crippen LogP contribution >= 0.6 is 11.6 Å². The van der Waals surface area contributed by atoms with Crippen molar-refractivity contribution in [1.82, 2.24) is 23.8 Å². The highest BCUT2D eigenvalue weighted by molar-refractivity contribution is 7.88. The number of benzene rings is 1. The summed E-state index contributed by atoms with van der Waals surface area (Å²) in [5.74, 6) is -0.655. The van der Waals surface area contributed by atoms with Gasteiger partial charge in [-0.15, -0.1) is 0 Å². The third-order valence-corrected chi connectivity index (χ3v) is 9.06. The van der Waals surface area contributed by atoms with E-state index >= 15 is 0 Å². The van der Waals surface area contributed by atoms with Crippen molar-refractivity contribution in [2.45, 2.75) is 50.6 Å². The number of hydrogen-bond donors (Lipinski definition) is 3. The number of hydrogen-bond acceptors (Lipinski definition) is 9. The van der Waals surface area contributed by atoms with Gasteiger partial charge in [0, 0.05) is 31.1 Å². The van der Waals surface area contributed by atoms with Crippen LogP contribution in [-0.4, -0.2) is 63.5 Å². The summed E-state index contributed by atoms with van der Waals surface area (Å²) >= 11 is 6.30. The highest BCUT2D eigenvalue weighted by Crippen LogP contribution is 2.38. The summed E-state index contributed by atoms with van der Waals surface area (Å²) in [7, 11) is -3.32. The Morgan fingerprint density at radius 1 is 1.23 bits per heavy atom. The number of fused-ring (bicyclic) bond motifs is 1. The number of rotatable bonds is 7. The predicted octanol–water partition coefficient (Wildman–Crippen LogP) is 3.29. The smallest absolute Gasteiger partial charge is 0.225 e. The Hall–Kier alpha value is -3.54. The molecule has 212 valence electrons. The maximum Gasteiger partial charge on any atom is 0.225 e. The molecule has 0 bridgehead atoms. The fourth-order valence-corrected chi connectivity index (χ4v) is 6.59. The molecular formula is C25H29ClFN9O3S. The third kappa shape index (κ3) is 5.81. The molecule has 1 saturated heterocycles. The molecule has 1 saturated carbocycles. The van der Waals surface area contributed by atoms with Crippen molar-refractivity contribution in [1.29, 1.82) is 5.26 Å². The number of carbonyl (C=O) groups excluding carboxylic acids is 1. The molecule has 15 heteroatoms. The molecule has 0 radical (unpaired) electrons. The van der Waals surface area contributed by atoms with Crippen LogP contribution in [0.1, 0.15) is 50.1 Å². The second-order valence-corrected chi connectivity index (χ2v) is 12.7. The van der Waals surface area contributed by atoms with Gasteiger partial charge in [0.05, 0.1) is 34.8 Å². The Bertz CT molecular complexity index is 1580. The lowest BCUT2D eigenvalue weighted by molar-refractivity contribution is -0.122. The molecule has 5 rings (SSSR count). The van der Waals surface area contributed by atoms with Gasteiger partial charge < -0.3 is 16.4 Å². The lowest BCUT2D eigenvalue weighted by atomic mass is 9.85. The Labute approximate surface area is 235 Å². The van der Waals surface area contributed by atoms with E-state index in [1.54, 1.807) is 6.20 Å². The van der Waals surface area contributed by atoms with Gasteiger partial charge in [0.2, 0.25) is 27.8 Å². The van der Waals surface area contributed by atoms with Crippen LogP contribution in [0.25, 0.3) is 11.2 Å². The van der Waals surface area contributed by atoms with Crippen LogP contribution in [-0.2, 0) is 14.8 Å². The Morgan fingerprint density at radius 3 is 2.62 bits per heavy atom. The Kier molecular flexibility index (Phi) is 7.80. The maximum absolute atomic E-state index is 14.9. The van der Waals surface area contributed by atoms with Crippen LogP contribution in [0.2, 0.25) is 5.02 Å². The Morgan fingerprint density at radius 2 is 1.98 bits per heavy atom. The molecule has 2 fully saturated rings. The SMILES string of the molecule is CS(=O)(=O)N1CCC[C@@H](Nc2ncc3nc(Nc4c(F)cc(C#N)cc4Cl)n([C@H]4CC[C@H](C(N)=O)CC4)c3n2)C1. The number of carbonyl (C=O) groups is 1. The number of nitrogens with one attached hydrogen (secondary N) is 2. The molecule has 1 atom stereocenters. The fraction of sp³-hybridized carbons (Fsp3) is 0.480. The van der Waals surface area contributed by atoms with Gasteiger partial charge in [-0.05, 0) is 50.7 Å². The second-order valence-electron chi connectivity index (χ2n) is 10.3. The number of imidazole rings is 1. The number of nitrogens with zero attached hydrogens (tertiary/aromatic N) is 6. The summed E-state index contributed by atoms with van der Waals surface area (Å²) in [6.45, 7) is 0.779. The van der Waals surface area contributed by atoms with Crippen LogP contribution in [0.3, 0.4) is 0 Å². The fourth-order valence-electron chi connectivity index (χ4n) is 5.43. The average molecular weight is 590 g/mol. The number of amides is 1. The number of nitriles is 1. The van der Waals surface area contributed by atoms with Gasteiger partial charge in [-0.25, -0.2) is 27.1 Å². The summed E-state index contributed by atoms with van der Waals surface area (Å²) in [4.78, 5) is 25.5. The van der Waals surface area contributed by atoms with Crippen molar-refractivity contribution >= 4 is 56.3 Å². The summed E-state index contributed by atoms with van der Waals surface area (Å²) in [5.41, 5.74) is 6.54. The first-order valence-corrected chi connectivity index (χ1v) is 15.2. The summed E-state index contributed by atoms with van der Waals surface area (Å²) in [5, 5.41) is 15.4. The van der Waals surface area contributed by atoms with E-state index in [1.807, 2.05) is 10.6 Å². The Balaban J connectivity index is 1.50. The van der Waals surface area contributed by atoms with E-state index in [4.69, 9.17) is 27.6 Å². The molecule has 1 amide bonds. The second kappa shape index (κ2) is 11.1. The van der Waals surface area contributed by atoms with Gasteiger partial charge in [-0.3, -0.25) is 9.36 Å². The normalized spacial score (nSPS) is 22.1. The minimum Gasteiger partial charge on any atom is -0.369 e. The molecule has 3 aromatic rings. The van der Waals surface area contributed by atoms with Crippen molar-refractivity contribution in [2.75, 3.05) is 30.0 Å². The van der Waals surface area contributed by atoms with Crippen LogP contribution in [0.5, 0.6) is 0 Å². The standard InChI is InChI=1S/C25H29ClFN9O3S/c1-40(38,39)35-8-2-3-16(13-35)31-24-30-12-20-23(34-24)36(17-6-4-15(5-7-17)22(29)37)25(32-20)33-21-18(26)9-14(11-28)10-19(21)27/h9-10,12,15-17H,2-8,13H2,1H3,(H2,29,37)(H,32,33)(H,30,31,34)/t15-,16-,17-/m1/s1. The molecule has 40 heavy (non-hydrogen) atoms. The van der Waals surface area contributed by atoms with Gasteiger partial charge in [-0.2, -0.15) is 10.2 Å². The molecule has 0 spiro atoms. The van der Waals surface area contributed by atoms with Crippen LogP contribution < -0.4 is 16.4 Å². The van der Waals surface area contributed by atoms with Crippen LogP contribution in [0.4, 0.5) is 22.0 Å². The van der Waals surface area contributed by atoms with Crippen LogP contribution in [0, 0.1) is 23.1 Å². The number of halogens is 2. The van der Waals surface area contributed by atoms with Crippen molar-refractivity contribution in [3.63, 3.8) is 0 Å². The van der Waals surface area contributed by atoms with E-state index in [0.717, 1.165) is 12.5 Å². The molecule has 12 nitrogen and oxygen atoms in total. The zero-order valence-corrected chi connectivity index (χ0v) is 23.3. The monoisotopic (exact) mass is 589 g/mol. The molecule has 1 aliphatic carbocycles. The average Bonchev–Trinajstić information content (AvgIpc) is 3.27. The summed E-state index contributed by atoms with van der Waals surface area (Å²) in [6.07, 6.45) is 6.63. The lowest BCUT2D eigenvalue weighted by Gasteiger charge is -2.31. The molecule has 2 aromatic heterocycles. The van der Waals surface area contributed by atoms with E-state index in [0.29, 0.717) is 62.3 Å². The van der Waals surface area contributed by atoms with Gasteiger partial charge in [0.15, 0.2) is 5.65 Å². The molecule has 2 aliphatic rings. The van der Waals surface area contributed by atoms with Crippen molar-refractivity contribution < 1.29 is 17.6 Å². The first kappa shape index (κ1) is 28.0. The maximum atomic E-state index is 14.9. The number of piperidine rings is 1. The number of sulfonamides is 1. The molecule has 0 unspecified atom stereocenters. The van der Waals surface area contributed by atoms with E-state index < -0.39 is 15.8 Å². The predicted molar refractivity (Wildman–Crippen MR) is 148 cm³/mol. The first-order chi connectivity index (χ1) is 19.0. The van der Waals surface area contributed by atoms with E-state index in [2.05, 4.69) is 20.6 Å². The van der Waals surface area contributed by atoms with Gasteiger partial charge in [0.25, 0.3) is 0 Å². The molecular weight excluding hydrogens is 561 g/mol. The quantitative estimate of drug-likeness (QED) is 0.374. The largest absolute Gasteiger partial charge is 0.369 e. The minimum atomic E-state index is -3.32. The molecule has 3 heterocycles. The highest BCUT2D eigenvalue weighted by Gasteiger charge is 2.30. The number of primary amides is 1. The highest BCUT2D eigenvalue weighted by atomic mass is 35.5. The lowest BCUT2D eigenvalue weighted by Crippen LogP contribution is -2.44. The van der Waals surface area contributed by atoms with Crippen molar-refractivity contribution in [2.24, 2.45) is 11.7 Å². The van der Waals surface area contributed by atoms with Crippen molar-refractivity contribution in [3.8, 4) is 6.07 Å². The molecule has 4 N–H and O–H groups in total. The van der Waals surface area contributed by atoms with Crippen molar-refractivity contribution in [3.05, 3.63) is 34.7 Å². The van der Waals surface area contributed by atoms with E-state index in [9.17, 15) is 17.6 Å². The first-order valence-electron chi connectivity index (χ1n) is 13.0. The van der Waals surface area contributed by atoms with Crippen LogP contribution in [0.15, 0.2) is 18.3 Å². The number of anilines is 3. The van der Waals surface area contributed by atoms with Gasteiger partial charge in [0.1, 0.15) is 11.3 Å². The summed E-state index contributed by atoms with van der Waals surface area (Å²) < 4.78 is 42.3. The summed E-state index contributed by atoms with van der Waals surface area (Å²) in [6, 6.07) is 4.03. The third-order valence-electron chi connectivity index (χ3n) is 7.49. The van der Waals surface area contributed by atoms with Gasteiger partial charge >= 0.3 is 0 Å². The zero-order valence-electron chi connectivity index (χ0n) is 21.8.